The molecule has 0 aliphatic heterocycles. The second-order valence-electron chi connectivity index (χ2n) is 18.9. The van der Waals surface area contributed by atoms with Gasteiger partial charge in [-0.15, -0.1) is 24.5 Å². The first-order valence-electron chi connectivity index (χ1n) is 22.0. The molecule has 6 nitrogen and oxygen atoms in total. The molecule has 0 aliphatic carbocycles. The van der Waals surface area contributed by atoms with Crippen molar-refractivity contribution in [1.82, 2.24) is 4.98 Å². The minimum Gasteiger partial charge on any atom is -0.457 e. The maximum atomic E-state index is 14.1. The van der Waals surface area contributed by atoms with Crippen LogP contribution < -0.4 is 15.6 Å². The van der Waals surface area contributed by atoms with Crippen molar-refractivity contribution in [2.45, 2.75) is 137 Å². The van der Waals surface area contributed by atoms with Crippen molar-refractivity contribution in [2.24, 2.45) is 17.3 Å². The van der Waals surface area contributed by atoms with Crippen molar-refractivity contribution in [3.05, 3.63) is 138 Å². The number of carbonyl (C=O) groups is 1. The summed E-state index contributed by atoms with van der Waals surface area (Å²) in [7, 11) is -5.68. The van der Waals surface area contributed by atoms with Crippen LogP contribution in [0.1, 0.15) is 98.2 Å². The molecule has 0 radical (unpaired) electrons. The van der Waals surface area contributed by atoms with E-state index in [0.717, 1.165) is 51.1 Å². The van der Waals surface area contributed by atoms with Crippen LogP contribution in [0.25, 0.3) is 6.08 Å². The van der Waals surface area contributed by atoms with Gasteiger partial charge in [-0.05, 0) is 84.4 Å². The number of allylic oxidation sites excluding steroid dienone is 1. The van der Waals surface area contributed by atoms with Crippen LogP contribution in [-0.2, 0) is 18.4 Å². The molecule has 4 rings (SSSR count). The van der Waals surface area contributed by atoms with Crippen LogP contribution in [-0.4, -0.2) is 57.1 Å². The Kier molecular flexibility index (Phi) is 18.1. The molecule has 61 heavy (non-hydrogen) atoms. The van der Waals surface area contributed by atoms with Crippen LogP contribution in [0.5, 0.6) is 0 Å². The third-order valence-electron chi connectivity index (χ3n) is 12.8. The number of aliphatic hydroxyl groups is 1. The fraction of sp³-hybridized carbons (Fsp3) is 0.462. The molecule has 0 spiro atoms. The van der Waals surface area contributed by atoms with Crippen molar-refractivity contribution in [3.8, 4) is 0 Å². The maximum absolute atomic E-state index is 14.1. The SMILES string of the molecule is C=CCCC[C@H](C)[C@H](O[Si](C)(C)C(C)(C)C)[C@@H](C)[C@@H](O[Si](c1ccccc1)(c1ccccc1)c1ccccc1)C(C)(C)[C@H](O)CC(=O)O[C@@H](CC=C)/C(C)=C\c1csc(C)n1. The van der Waals surface area contributed by atoms with Gasteiger partial charge >= 0.3 is 5.97 Å². The number of thiazole rings is 1. The number of aromatic nitrogens is 1. The van der Waals surface area contributed by atoms with Crippen molar-refractivity contribution >= 4 is 55.6 Å². The Morgan fingerprint density at radius 2 is 1.38 bits per heavy atom. The number of carbonyl (C=O) groups excluding carboxylic acids is 1. The Hall–Kier alpha value is -3.71. The summed E-state index contributed by atoms with van der Waals surface area (Å²) in [6.07, 6.45) is 6.34. The first-order valence-corrected chi connectivity index (χ1v) is 27.7. The second-order valence-corrected chi connectivity index (χ2v) is 28.1. The van der Waals surface area contributed by atoms with E-state index < -0.39 is 46.3 Å². The molecule has 0 bridgehead atoms. The molecule has 1 N–H and O–H groups in total. The number of hydrogen-bond donors (Lipinski definition) is 1. The van der Waals surface area contributed by atoms with Gasteiger partial charge in [0.05, 0.1) is 35.4 Å². The van der Waals surface area contributed by atoms with Crippen LogP contribution in [0.3, 0.4) is 0 Å². The molecule has 3 aromatic carbocycles. The lowest BCUT2D eigenvalue weighted by Gasteiger charge is -2.51. The third-order valence-corrected chi connectivity index (χ3v) is 22.1. The number of esters is 1. The highest BCUT2D eigenvalue weighted by Gasteiger charge is 2.53. The molecule has 0 saturated heterocycles. The zero-order valence-electron chi connectivity index (χ0n) is 38.8. The summed E-state index contributed by atoms with van der Waals surface area (Å²) in [5.41, 5.74) is 0.723. The highest BCUT2D eigenvalue weighted by molar-refractivity contribution is 7.09. The summed E-state index contributed by atoms with van der Waals surface area (Å²) in [5.74, 6) is -0.521. The number of aliphatic hydroxyl groups excluding tert-OH is 1. The van der Waals surface area contributed by atoms with E-state index in [1.807, 2.05) is 49.6 Å². The van der Waals surface area contributed by atoms with Gasteiger partial charge in [-0.3, -0.25) is 4.79 Å². The monoisotopic (exact) mass is 879 g/mol. The van der Waals surface area contributed by atoms with Gasteiger partial charge in [-0.25, -0.2) is 4.98 Å². The summed E-state index contributed by atoms with van der Waals surface area (Å²) in [6.45, 7) is 32.0. The molecule has 0 amide bonds. The van der Waals surface area contributed by atoms with E-state index in [4.69, 9.17) is 13.6 Å². The Balaban J connectivity index is 1.90. The van der Waals surface area contributed by atoms with Gasteiger partial charge in [0.1, 0.15) is 6.10 Å². The topological polar surface area (TPSA) is 77.9 Å². The van der Waals surface area contributed by atoms with E-state index in [0.29, 0.717) is 6.42 Å². The lowest BCUT2D eigenvalue weighted by atomic mass is 9.71. The Morgan fingerprint density at radius 3 is 1.82 bits per heavy atom. The molecule has 0 saturated carbocycles. The number of nitrogens with zero attached hydrogens (tertiary/aromatic N) is 1. The van der Waals surface area contributed by atoms with Crippen LogP contribution in [0.4, 0.5) is 0 Å². The van der Waals surface area contributed by atoms with Crippen molar-refractivity contribution < 1.29 is 23.5 Å². The third kappa shape index (κ3) is 12.7. The van der Waals surface area contributed by atoms with E-state index in [9.17, 15) is 9.90 Å². The zero-order valence-corrected chi connectivity index (χ0v) is 41.6. The largest absolute Gasteiger partial charge is 0.457 e. The van der Waals surface area contributed by atoms with Gasteiger partial charge in [-0.2, -0.15) is 0 Å². The van der Waals surface area contributed by atoms with Gasteiger partial charge in [0.15, 0.2) is 8.32 Å². The van der Waals surface area contributed by atoms with Crippen LogP contribution in [0, 0.1) is 24.2 Å². The summed E-state index contributed by atoms with van der Waals surface area (Å²) < 4.78 is 21.8. The highest BCUT2D eigenvalue weighted by atomic mass is 32.1. The molecular weight excluding hydrogens is 807 g/mol. The van der Waals surface area contributed by atoms with Crippen LogP contribution in [0.15, 0.2) is 127 Å². The molecule has 1 aromatic heterocycles. The van der Waals surface area contributed by atoms with Gasteiger partial charge in [0.25, 0.3) is 8.32 Å². The summed E-state index contributed by atoms with van der Waals surface area (Å²) in [6, 6.07) is 31.7. The average Bonchev–Trinajstić information content (AvgIpc) is 3.64. The van der Waals surface area contributed by atoms with E-state index in [-0.39, 0.29) is 29.4 Å². The smallest absolute Gasteiger partial charge is 0.309 e. The van der Waals surface area contributed by atoms with Crippen molar-refractivity contribution in [2.75, 3.05) is 0 Å². The van der Waals surface area contributed by atoms with Crippen molar-refractivity contribution in [1.29, 1.82) is 0 Å². The molecule has 9 heteroatoms. The van der Waals surface area contributed by atoms with E-state index in [1.54, 1.807) is 17.4 Å². The first-order chi connectivity index (χ1) is 28.8. The molecule has 330 valence electrons. The lowest BCUT2D eigenvalue weighted by molar-refractivity contribution is -0.154. The number of unbranched alkanes of at least 4 members (excludes halogenated alkanes) is 1. The molecule has 1 heterocycles. The lowest BCUT2D eigenvalue weighted by Crippen LogP contribution is -2.72. The second kappa shape index (κ2) is 22.1. The molecule has 0 unspecified atom stereocenters. The minimum atomic E-state index is -3.35. The maximum Gasteiger partial charge on any atom is 0.309 e. The summed E-state index contributed by atoms with van der Waals surface area (Å²) in [4.78, 5) is 18.6. The van der Waals surface area contributed by atoms with E-state index in [2.05, 4.69) is 152 Å². The fourth-order valence-corrected chi connectivity index (χ4v) is 14.4. The Morgan fingerprint density at radius 1 is 0.852 bits per heavy atom. The molecule has 4 aromatic rings. The van der Waals surface area contributed by atoms with Gasteiger partial charge < -0.3 is 18.7 Å². The van der Waals surface area contributed by atoms with E-state index in [1.165, 1.54) is 0 Å². The normalized spacial score (nSPS) is 15.9. The number of ether oxygens (including phenoxy) is 1. The predicted molar refractivity (Wildman–Crippen MR) is 263 cm³/mol. The van der Waals surface area contributed by atoms with Gasteiger partial charge in [0.2, 0.25) is 0 Å². The number of aryl methyl sites for hydroxylation is 1. The quantitative estimate of drug-likeness (QED) is 0.0263. The predicted octanol–water partition coefficient (Wildman–Crippen LogP) is 11.2. The molecule has 6 atom stereocenters. The van der Waals surface area contributed by atoms with Crippen LogP contribution >= 0.6 is 11.3 Å². The number of rotatable bonds is 23. The minimum absolute atomic E-state index is 0.0373. The zero-order chi connectivity index (χ0) is 45.0. The fourth-order valence-electron chi connectivity index (χ4n) is 8.10. The summed E-state index contributed by atoms with van der Waals surface area (Å²) >= 11 is 1.58. The van der Waals surface area contributed by atoms with Crippen LogP contribution in [0.2, 0.25) is 18.1 Å². The highest BCUT2D eigenvalue weighted by Crippen LogP contribution is 2.44. The molecule has 0 aliphatic rings. The average molecular weight is 880 g/mol. The number of benzene rings is 3. The Bertz CT molecular complexity index is 1910. The van der Waals surface area contributed by atoms with E-state index >= 15 is 0 Å². The number of hydrogen-bond acceptors (Lipinski definition) is 7. The summed E-state index contributed by atoms with van der Waals surface area (Å²) in [5, 5.41) is 18.8. The molecular formula is C52H73NO5SSi2. The Labute approximate surface area is 374 Å². The van der Waals surface area contributed by atoms with Gasteiger partial charge in [-0.1, -0.05) is 152 Å². The van der Waals surface area contributed by atoms with Crippen molar-refractivity contribution in [3.63, 3.8) is 0 Å². The molecule has 0 fully saturated rings. The standard InChI is InChI=1S/C52H73NO5SSi2/c1-14-16-20-28-38(3)49(57-60(12,13)51(7,8)9)40(5)50(52(10,11)47(54)36-48(55)56-46(27-15-2)39(4)35-42-37-59-41(6)53-42)58-61(43-29-21-17-22-30-43,44-31-23-18-24-32-44)45-33-25-19-26-34-45/h14-15,17-19,21-26,29-35,37-38,40,46-47,49-50,54H,1-2,16,20,27-28,36H2,3-13H3/b39-35-/t38-,40+,46-,47+,49-,50+/m0/s1. The first kappa shape index (κ1) is 49.9. The van der Waals surface area contributed by atoms with Gasteiger partial charge in [0, 0.05) is 23.1 Å².